The molecule has 2 aliphatic rings. The predicted octanol–water partition coefficient (Wildman–Crippen LogP) is 0.467. The molecule has 0 radical (unpaired) electrons. The van der Waals surface area contributed by atoms with Crippen LogP contribution < -0.4 is 5.32 Å². The van der Waals surface area contributed by atoms with Crippen LogP contribution in [0.3, 0.4) is 0 Å². The molecule has 0 bridgehead atoms. The molecular formula is C14H24N2O4. The second-order valence-electron chi connectivity index (χ2n) is 6.76. The van der Waals surface area contributed by atoms with E-state index >= 15 is 0 Å². The number of carboxylic acids is 1. The molecule has 0 aromatic carbocycles. The summed E-state index contributed by atoms with van der Waals surface area (Å²) < 4.78 is 5.63. The van der Waals surface area contributed by atoms with E-state index in [4.69, 9.17) is 4.74 Å². The minimum atomic E-state index is -0.931. The standard InChI is InChI=1S/C14H24N2O4/c1-13(2)5-4-6-16(11(13)12(18)19)10(17)7-20-14(3)8-15-9-14/h11,15H,4-9H2,1-3H3,(H,18,19). The van der Waals surface area contributed by atoms with Crippen LogP contribution in [0.25, 0.3) is 0 Å². The summed E-state index contributed by atoms with van der Waals surface area (Å²) in [5, 5.41) is 12.5. The minimum absolute atomic E-state index is 0.0436. The third-order valence-electron chi connectivity index (χ3n) is 4.37. The average molecular weight is 284 g/mol. The molecule has 0 spiro atoms. The highest BCUT2D eigenvalue weighted by molar-refractivity contribution is 5.85. The summed E-state index contributed by atoms with van der Waals surface area (Å²) in [4.78, 5) is 25.3. The summed E-state index contributed by atoms with van der Waals surface area (Å²) in [6.45, 7) is 7.68. The Bertz CT molecular complexity index is 404. The maximum absolute atomic E-state index is 12.3. The van der Waals surface area contributed by atoms with E-state index in [1.807, 2.05) is 20.8 Å². The number of nitrogens with zero attached hydrogens (tertiary/aromatic N) is 1. The molecule has 6 nitrogen and oxygen atoms in total. The molecule has 2 rings (SSSR count). The number of amides is 1. The molecule has 1 unspecified atom stereocenters. The summed E-state index contributed by atoms with van der Waals surface area (Å²) in [6, 6.07) is -0.764. The highest BCUT2D eigenvalue weighted by Gasteiger charge is 2.45. The van der Waals surface area contributed by atoms with E-state index in [0.29, 0.717) is 6.54 Å². The molecule has 0 aromatic rings. The Morgan fingerprint density at radius 1 is 1.35 bits per heavy atom. The Hall–Kier alpha value is -1.14. The van der Waals surface area contributed by atoms with Gasteiger partial charge in [0.15, 0.2) is 0 Å². The first-order chi connectivity index (χ1) is 9.25. The van der Waals surface area contributed by atoms with Crippen LogP contribution in [0, 0.1) is 5.41 Å². The number of aliphatic carboxylic acids is 1. The van der Waals surface area contributed by atoms with Gasteiger partial charge in [-0.25, -0.2) is 4.79 Å². The number of carboxylic acid groups (broad SMARTS) is 1. The first-order valence-corrected chi connectivity index (χ1v) is 7.12. The van der Waals surface area contributed by atoms with Crippen LogP contribution in [-0.4, -0.2) is 59.8 Å². The summed E-state index contributed by atoms with van der Waals surface area (Å²) in [5.41, 5.74) is -0.693. The van der Waals surface area contributed by atoms with Crippen molar-refractivity contribution in [2.45, 2.75) is 45.3 Å². The molecular weight excluding hydrogens is 260 g/mol. The molecule has 0 saturated carbocycles. The predicted molar refractivity (Wildman–Crippen MR) is 73.4 cm³/mol. The second kappa shape index (κ2) is 5.33. The van der Waals surface area contributed by atoms with Crippen molar-refractivity contribution in [2.24, 2.45) is 5.41 Å². The van der Waals surface area contributed by atoms with Crippen LogP contribution in [0.2, 0.25) is 0 Å². The van der Waals surface area contributed by atoms with Crippen molar-refractivity contribution in [2.75, 3.05) is 26.2 Å². The Kier molecular flexibility index (Phi) is 4.07. The van der Waals surface area contributed by atoms with Crippen molar-refractivity contribution in [3.8, 4) is 0 Å². The van der Waals surface area contributed by atoms with Gasteiger partial charge in [-0.2, -0.15) is 0 Å². The number of ether oxygens (including phenoxy) is 1. The van der Waals surface area contributed by atoms with Gasteiger partial charge < -0.3 is 20.1 Å². The largest absolute Gasteiger partial charge is 0.480 e. The van der Waals surface area contributed by atoms with Crippen molar-refractivity contribution in [1.29, 1.82) is 0 Å². The molecule has 2 N–H and O–H groups in total. The quantitative estimate of drug-likeness (QED) is 0.784. The first kappa shape index (κ1) is 15.3. The zero-order valence-corrected chi connectivity index (χ0v) is 12.4. The van der Waals surface area contributed by atoms with E-state index in [9.17, 15) is 14.7 Å². The third kappa shape index (κ3) is 2.96. The lowest BCUT2D eigenvalue weighted by atomic mass is 9.76. The number of piperidine rings is 1. The van der Waals surface area contributed by atoms with E-state index in [0.717, 1.165) is 25.9 Å². The topological polar surface area (TPSA) is 78.9 Å². The smallest absolute Gasteiger partial charge is 0.326 e. The summed E-state index contributed by atoms with van der Waals surface area (Å²) >= 11 is 0. The van der Waals surface area contributed by atoms with Gasteiger partial charge >= 0.3 is 5.97 Å². The van der Waals surface area contributed by atoms with Crippen LogP contribution in [-0.2, 0) is 14.3 Å². The zero-order valence-electron chi connectivity index (χ0n) is 12.4. The second-order valence-corrected chi connectivity index (χ2v) is 6.76. The van der Waals surface area contributed by atoms with Gasteiger partial charge in [-0.05, 0) is 25.2 Å². The van der Waals surface area contributed by atoms with Gasteiger partial charge in [-0.15, -0.1) is 0 Å². The average Bonchev–Trinajstić information content (AvgIpc) is 2.31. The van der Waals surface area contributed by atoms with Crippen LogP contribution in [0.4, 0.5) is 0 Å². The lowest BCUT2D eigenvalue weighted by molar-refractivity contribution is -0.165. The van der Waals surface area contributed by atoms with E-state index in [2.05, 4.69) is 5.32 Å². The van der Waals surface area contributed by atoms with Gasteiger partial charge in [-0.1, -0.05) is 13.8 Å². The third-order valence-corrected chi connectivity index (χ3v) is 4.37. The Morgan fingerprint density at radius 2 is 2.00 bits per heavy atom. The van der Waals surface area contributed by atoms with E-state index < -0.39 is 17.4 Å². The lowest BCUT2D eigenvalue weighted by Gasteiger charge is -2.45. The molecule has 114 valence electrons. The molecule has 1 amide bonds. The fraction of sp³-hybridized carbons (Fsp3) is 0.857. The summed E-state index contributed by atoms with van der Waals surface area (Å²) in [6.07, 6.45) is 1.65. The van der Waals surface area contributed by atoms with E-state index in [-0.39, 0.29) is 18.1 Å². The number of likely N-dealkylation sites (tertiary alicyclic amines) is 1. The maximum Gasteiger partial charge on any atom is 0.326 e. The fourth-order valence-corrected chi connectivity index (χ4v) is 3.03. The normalized spacial score (nSPS) is 27.8. The molecule has 6 heteroatoms. The molecule has 0 aromatic heterocycles. The van der Waals surface area contributed by atoms with Crippen LogP contribution in [0.5, 0.6) is 0 Å². The van der Waals surface area contributed by atoms with E-state index in [1.165, 1.54) is 4.90 Å². The summed E-state index contributed by atoms with van der Waals surface area (Å²) in [5.74, 6) is -1.15. The zero-order chi connectivity index (χ0) is 15.0. The molecule has 0 aliphatic carbocycles. The number of hydrogen-bond donors (Lipinski definition) is 2. The van der Waals surface area contributed by atoms with E-state index in [1.54, 1.807) is 0 Å². The molecule has 20 heavy (non-hydrogen) atoms. The molecule has 2 heterocycles. The van der Waals surface area contributed by atoms with Crippen molar-refractivity contribution >= 4 is 11.9 Å². The highest BCUT2D eigenvalue weighted by atomic mass is 16.5. The highest BCUT2D eigenvalue weighted by Crippen LogP contribution is 2.35. The number of rotatable bonds is 4. The number of hydrogen-bond acceptors (Lipinski definition) is 4. The Morgan fingerprint density at radius 3 is 2.50 bits per heavy atom. The number of carbonyl (C=O) groups is 2. The lowest BCUT2D eigenvalue weighted by Crippen LogP contribution is -2.61. The Balaban J connectivity index is 2.01. The SMILES string of the molecule is CC1(OCC(=O)N2CCCC(C)(C)C2C(=O)O)CNC1. The van der Waals surface area contributed by atoms with Gasteiger partial charge in [0.05, 0.1) is 5.60 Å². The monoisotopic (exact) mass is 284 g/mol. The molecule has 2 saturated heterocycles. The van der Waals surface area contributed by atoms with Gasteiger partial charge in [0.1, 0.15) is 12.6 Å². The van der Waals surface area contributed by atoms with Crippen LogP contribution in [0.1, 0.15) is 33.6 Å². The minimum Gasteiger partial charge on any atom is -0.480 e. The molecule has 1 atom stereocenters. The van der Waals surface area contributed by atoms with Crippen molar-refractivity contribution in [3.63, 3.8) is 0 Å². The van der Waals surface area contributed by atoms with Crippen molar-refractivity contribution in [1.82, 2.24) is 10.2 Å². The summed E-state index contributed by atoms with van der Waals surface area (Å²) in [7, 11) is 0. The molecule has 2 fully saturated rings. The van der Waals surface area contributed by atoms with Crippen molar-refractivity contribution < 1.29 is 19.4 Å². The van der Waals surface area contributed by atoms with Gasteiger partial charge in [0, 0.05) is 19.6 Å². The van der Waals surface area contributed by atoms with Crippen LogP contribution >= 0.6 is 0 Å². The molecule has 2 aliphatic heterocycles. The first-order valence-electron chi connectivity index (χ1n) is 7.12. The Labute approximate surface area is 119 Å². The number of carbonyl (C=O) groups excluding carboxylic acids is 1. The maximum atomic E-state index is 12.3. The fourth-order valence-electron chi connectivity index (χ4n) is 3.03. The van der Waals surface area contributed by atoms with Gasteiger partial charge in [0.25, 0.3) is 0 Å². The van der Waals surface area contributed by atoms with Gasteiger partial charge in [-0.3, -0.25) is 4.79 Å². The van der Waals surface area contributed by atoms with Crippen LogP contribution in [0.15, 0.2) is 0 Å². The van der Waals surface area contributed by atoms with Gasteiger partial charge in [0.2, 0.25) is 5.91 Å². The van der Waals surface area contributed by atoms with Crippen molar-refractivity contribution in [3.05, 3.63) is 0 Å². The number of nitrogens with one attached hydrogen (secondary N) is 1.